The predicted octanol–water partition coefficient (Wildman–Crippen LogP) is 22.9. The van der Waals surface area contributed by atoms with Crippen LogP contribution in [-0.2, 0) is 21.7 Å². The first-order chi connectivity index (χ1) is 44.0. The molecule has 92 heavy (non-hydrogen) atoms. The van der Waals surface area contributed by atoms with E-state index in [9.17, 15) is 5.26 Å². The van der Waals surface area contributed by atoms with Gasteiger partial charge in [-0.15, -0.1) is 0 Å². The zero-order valence-electron chi connectivity index (χ0n) is 55.0. The minimum Gasteiger partial charge on any atom is -0.309 e. The van der Waals surface area contributed by atoms with Crippen molar-refractivity contribution < 1.29 is 0 Å². The maximum absolute atomic E-state index is 10.7. The molecule has 3 heterocycles. The number of nitrogens with zero attached hydrogens (tertiary/aromatic N) is 6. The molecule has 3 aromatic heterocycles. The Morgan fingerprint density at radius 2 is 0.750 bits per heavy atom. The average Bonchev–Trinajstić information content (AvgIpc) is 1.54. The molecule has 13 aromatic rings. The molecule has 0 radical (unpaired) electrons. The monoisotopic (exact) mass is 1190 g/mol. The van der Waals surface area contributed by atoms with Gasteiger partial charge in [0, 0.05) is 49.4 Å². The highest BCUT2D eigenvalue weighted by atomic mass is 15.0. The first-order valence-corrected chi connectivity index (χ1v) is 32.0. The van der Waals surface area contributed by atoms with Crippen LogP contribution in [0.4, 0.5) is 0 Å². The molecule has 6 heteroatoms. The van der Waals surface area contributed by atoms with Gasteiger partial charge in [0.25, 0.3) is 0 Å². The van der Waals surface area contributed by atoms with Gasteiger partial charge in [-0.25, -0.2) is 15.0 Å². The van der Waals surface area contributed by atoms with Crippen LogP contribution < -0.4 is 0 Å². The van der Waals surface area contributed by atoms with E-state index >= 15 is 0 Å². The molecule has 0 unspecified atom stereocenters. The first-order valence-electron chi connectivity index (χ1n) is 32.0. The number of benzene rings is 10. The Morgan fingerprint density at radius 3 is 1.17 bits per heavy atom. The molecule has 0 fully saturated rings. The summed E-state index contributed by atoms with van der Waals surface area (Å²) in [6, 6.07) is 82.0. The zero-order chi connectivity index (χ0) is 64.4. The summed E-state index contributed by atoms with van der Waals surface area (Å²) in [5, 5.41) is 15.2. The number of aromatic nitrogens is 5. The Hall–Kier alpha value is -10.5. The summed E-state index contributed by atoms with van der Waals surface area (Å²) < 4.78 is 4.85. The second kappa shape index (κ2) is 23.4. The molecule has 0 aliphatic rings. The maximum atomic E-state index is 10.7. The van der Waals surface area contributed by atoms with Gasteiger partial charge in [0.05, 0.1) is 45.1 Å². The number of fused-ring (bicyclic) bond motifs is 6. The van der Waals surface area contributed by atoms with Gasteiger partial charge in [0.15, 0.2) is 17.5 Å². The fourth-order valence-corrected chi connectivity index (χ4v) is 12.7. The van der Waals surface area contributed by atoms with Crippen molar-refractivity contribution in [3.8, 4) is 85.0 Å². The average molecular weight is 1200 g/mol. The normalized spacial score (nSPS) is 12.6. The van der Waals surface area contributed by atoms with Crippen molar-refractivity contribution in [3.63, 3.8) is 0 Å². The van der Waals surface area contributed by atoms with Crippen molar-refractivity contribution >= 4 is 49.7 Å². The highest BCUT2D eigenvalue weighted by molar-refractivity contribution is 6.13. The fraction of sp³-hybridized carbons (Fsp3) is 0.186. The van der Waals surface area contributed by atoms with E-state index in [1.807, 2.05) is 18.2 Å². The van der Waals surface area contributed by atoms with Crippen molar-refractivity contribution in [2.24, 2.45) is 0 Å². The highest BCUT2D eigenvalue weighted by Gasteiger charge is 2.28. The summed E-state index contributed by atoms with van der Waals surface area (Å²) in [4.78, 5) is 16.8. The van der Waals surface area contributed by atoms with Gasteiger partial charge >= 0.3 is 0 Å². The van der Waals surface area contributed by atoms with Crippen molar-refractivity contribution in [2.45, 2.75) is 105 Å². The van der Waals surface area contributed by atoms with Gasteiger partial charge < -0.3 is 9.13 Å². The predicted molar refractivity (Wildman–Crippen MR) is 389 cm³/mol. The summed E-state index contributed by atoms with van der Waals surface area (Å²) in [5.41, 5.74) is 21.0. The maximum Gasteiger partial charge on any atom is 0.164 e. The van der Waals surface area contributed by atoms with E-state index in [2.05, 4.69) is 323 Å². The molecule has 0 amide bonds. The fourth-order valence-electron chi connectivity index (χ4n) is 12.7. The van der Waals surface area contributed by atoms with Crippen LogP contribution in [0.3, 0.4) is 0 Å². The van der Waals surface area contributed by atoms with E-state index in [1.165, 1.54) is 22.3 Å². The Bertz CT molecular complexity index is 4990. The van der Waals surface area contributed by atoms with Gasteiger partial charge in [-0.3, -0.25) is 0 Å². The summed E-state index contributed by atoms with van der Waals surface area (Å²) in [6.45, 7) is 31.2. The molecule has 0 atom stereocenters. The largest absolute Gasteiger partial charge is 0.309 e. The van der Waals surface area contributed by atoms with Gasteiger partial charge in [-0.05, 0) is 175 Å². The van der Waals surface area contributed by atoms with Crippen LogP contribution in [0.5, 0.6) is 0 Å². The molecule has 0 aliphatic carbocycles. The molecule has 0 bridgehead atoms. The van der Waals surface area contributed by atoms with E-state index in [1.54, 1.807) is 6.08 Å². The van der Waals surface area contributed by atoms with Crippen molar-refractivity contribution in [1.82, 2.24) is 24.1 Å². The van der Waals surface area contributed by atoms with Crippen LogP contribution in [0.25, 0.3) is 129 Å². The number of hydrogen-bond donors (Lipinski definition) is 0. The third kappa shape index (κ3) is 11.6. The molecule has 0 spiro atoms. The SMILES string of the molecule is C=C/C=C\C(C#N)=C/c1ccc(-n2c3ccccc3c3cc(-c4ccccc4)ccc32)c(-c2cc(-c3nc(-c4cc(C(C)(C)C)cc(C(C)(C)C)c4)nc(-c4cc(C(C)(C)C)cc(C(C)(C)C)c4)n3)ccc2-n2c3ccccc3c3cc(-c4ccccc4)ccc32)c1. The molecule has 452 valence electrons. The van der Waals surface area contributed by atoms with Crippen molar-refractivity contribution in [2.75, 3.05) is 0 Å². The molecule has 0 aliphatic heterocycles. The van der Waals surface area contributed by atoms with Gasteiger partial charge in [0.1, 0.15) is 0 Å². The smallest absolute Gasteiger partial charge is 0.164 e. The Balaban J connectivity index is 1.16. The van der Waals surface area contributed by atoms with Crippen LogP contribution in [0.1, 0.15) is 111 Å². The third-order valence-electron chi connectivity index (χ3n) is 18.0. The van der Waals surface area contributed by atoms with E-state index in [0.717, 1.165) is 111 Å². The Morgan fingerprint density at radius 1 is 0.370 bits per heavy atom. The number of hydrogen-bond acceptors (Lipinski definition) is 4. The quantitative estimate of drug-likeness (QED) is 0.0955. The molecular formula is C86H78N6. The number of para-hydroxylation sites is 2. The molecule has 0 saturated heterocycles. The Labute approximate surface area is 542 Å². The second-order valence-electron chi connectivity index (χ2n) is 28.6. The summed E-state index contributed by atoms with van der Waals surface area (Å²) in [6.07, 6.45) is 7.28. The molecule has 10 aromatic carbocycles. The van der Waals surface area contributed by atoms with E-state index in [0.29, 0.717) is 23.0 Å². The minimum atomic E-state index is -0.157. The third-order valence-corrected chi connectivity index (χ3v) is 18.0. The summed E-state index contributed by atoms with van der Waals surface area (Å²) in [5.74, 6) is 1.76. The minimum absolute atomic E-state index is 0.157. The van der Waals surface area contributed by atoms with Crippen LogP contribution in [0.15, 0.2) is 249 Å². The second-order valence-corrected chi connectivity index (χ2v) is 28.6. The van der Waals surface area contributed by atoms with Crippen molar-refractivity contribution in [1.29, 1.82) is 5.26 Å². The topological polar surface area (TPSA) is 72.3 Å². The zero-order valence-corrected chi connectivity index (χ0v) is 55.0. The molecule has 13 rings (SSSR count). The Kier molecular flexibility index (Phi) is 15.4. The van der Waals surface area contributed by atoms with E-state index < -0.39 is 0 Å². The van der Waals surface area contributed by atoms with Crippen LogP contribution in [0.2, 0.25) is 0 Å². The molecule has 6 nitrogen and oxygen atoms in total. The molecule has 0 saturated carbocycles. The lowest BCUT2D eigenvalue weighted by Crippen LogP contribution is -2.17. The van der Waals surface area contributed by atoms with Gasteiger partial charge in [-0.1, -0.05) is 229 Å². The van der Waals surface area contributed by atoms with E-state index in [-0.39, 0.29) is 21.7 Å². The van der Waals surface area contributed by atoms with Crippen LogP contribution in [-0.4, -0.2) is 24.1 Å². The lowest BCUT2D eigenvalue weighted by Gasteiger charge is -2.26. The molecule has 0 N–H and O–H groups in total. The van der Waals surface area contributed by atoms with Crippen LogP contribution in [0, 0.1) is 11.3 Å². The number of allylic oxidation sites excluding steroid dienone is 4. The first kappa shape index (κ1) is 60.4. The summed E-state index contributed by atoms with van der Waals surface area (Å²) in [7, 11) is 0. The standard InChI is InChI=1S/C86H78N6/c1-14-15-26-56(54-87)43-55-35-39-76(91-74-33-24-22-31-68(74)71-49-59(36-40-77(71)91)57-27-18-16-19-28-57)70(44-55)73-51-61(38-42-79(73)92-75-34-25-23-32-69(75)72-50-60(37-41-78(72)92)58-29-20-17-21-30-58)80-88-81(62-45-64(83(2,3)4)52-65(46-62)84(5,6)7)90-82(89-80)63-47-66(85(8,9)10)53-67(48-63)86(11,12)13/h14-53H,1H2,2-13H3/b26-15-,56-43+. The highest BCUT2D eigenvalue weighted by Crippen LogP contribution is 2.45. The van der Waals surface area contributed by atoms with E-state index in [4.69, 9.17) is 15.0 Å². The molecular weight excluding hydrogens is 1120 g/mol. The lowest BCUT2D eigenvalue weighted by atomic mass is 9.79. The van der Waals surface area contributed by atoms with Gasteiger partial charge in [0.2, 0.25) is 0 Å². The number of nitriles is 1. The van der Waals surface area contributed by atoms with Crippen molar-refractivity contribution in [3.05, 3.63) is 277 Å². The number of rotatable bonds is 11. The van der Waals surface area contributed by atoms with Gasteiger partial charge in [-0.2, -0.15) is 5.26 Å². The lowest BCUT2D eigenvalue weighted by molar-refractivity contribution is 0.568. The summed E-state index contributed by atoms with van der Waals surface area (Å²) >= 11 is 0. The van der Waals surface area contributed by atoms with Crippen LogP contribution >= 0.6 is 0 Å².